The van der Waals surface area contributed by atoms with Gasteiger partial charge in [-0.15, -0.1) is 0 Å². The van der Waals surface area contributed by atoms with E-state index in [0.29, 0.717) is 11.0 Å². The highest BCUT2D eigenvalue weighted by molar-refractivity contribution is 5.70. The number of hydrogen-bond donors (Lipinski definition) is 2. The van der Waals surface area contributed by atoms with Crippen LogP contribution in [-0.4, -0.2) is 53.8 Å². The summed E-state index contributed by atoms with van der Waals surface area (Å²) in [4.78, 5) is 21.8. The summed E-state index contributed by atoms with van der Waals surface area (Å²) in [6, 6.07) is 0. The molecular formula is C20H40NO4+. The summed E-state index contributed by atoms with van der Waals surface area (Å²) in [5, 5.41) is 17.9. The van der Waals surface area contributed by atoms with Crippen LogP contribution in [0, 0.1) is 5.92 Å². The summed E-state index contributed by atoms with van der Waals surface area (Å²) < 4.78 is 0.697. The molecule has 148 valence electrons. The Labute approximate surface area is 154 Å². The topological polar surface area (TPSA) is 74.6 Å². The first-order valence-electron chi connectivity index (χ1n) is 10.0. The summed E-state index contributed by atoms with van der Waals surface area (Å²) >= 11 is 0. The van der Waals surface area contributed by atoms with E-state index in [9.17, 15) is 9.59 Å². The molecule has 2 N–H and O–H groups in total. The summed E-state index contributed by atoms with van der Waals surface area (Å²) in [7, 11) is 4.15. The average Bonchev–Trinajstić information content (AvgIpc) is 2.47. The van der Waals surface area contributed by atoms with Gasteiger partial charge in [0.15, 0.2) is 0 Å². The van der Waals surface area contributed by atoms with Crippen LogP contribution in [0.2, 0.25) is 0 Å². The monoisotopic (exact) mass is 358 g/mol. The average molecular weight is 359 g/mol. The summed E-state index contributed by atoms with van der Waals surface area (Å²) in [5.41, 5.74) is 0. The van der Waals surface area contributed by atoms with Crippen molar-refractivity contribution in [3.05, 3.63) is 0 Å². The van der Waals surface area contributed by atoms with Gasteiger partial charge in [0.25, 0.3) is 0 Å². The van der Waals surface area contributed by atoms with E-state index in [-0.39, 0.29) is 18.8 Å². The lowest BCUT2D eigenvalue weighted by molar-refractivity contribution is -0.893. The van der Waals surface area contributed by atoms with Crippen molar-refractivity contribution < 1.29 is 24.3 Å². The first kappa shape index (κ1) is 23.9. The Balaban J connectivity index is 3.86. The van der Waals surface area contributed by atoms with Gasteiger partial charge in [-0.05, 0) is 12.8 Å². The van der Waals surface area contributed by atoms with Gasteiger partial charge in [-0.25, -0.2) is 0 Å². The molecule has 0 atom stereocenters. The SMILES string of the molecule is CCCCCCCCCCCC[N+](C)(C)CC(CC(=O)O)CC(=O)O. The van der Waals surface area contributed by atoms with E-state index in [1.54, 1.807) is 0 Å². The lowest BCUT2D eigenvalue weighted by Crippen LogP contribution is -2.45. The lowest BCUT2D eigenvalue weighted by atomic mass is 9.99. The van der Waals surface area contributed by atoms with Gasteiger partial charge in [-0.3, -0.25) is 9.59 Å². The molecule has 0 aromatic carbocycles. The first-order chi connectivity index (χ1) is 11.8. The minimum atomic E-state index is -0.912. The van der Waals surface area contributed by atoms with Crippen LogP contribution in [0.1, 0.15) is 84.0 Å². The minimum Gasteiger partial charge on any atom is -0.481 e. The van der Waals surface area contributed by atoms with Crippen LogP contribution >= 0.6 is 0 Å². The normalized spacial score (nSPS) is 11.8. The fraction of sp³-hybridized carbons (Fsp3) is 0.900. The number of carboxylic acid groups (broad SMARTS) is 2. The van der Waals surface area contributed by atoms with E-state index >= 15 is 0 Å². The lowest BCUT2D eigenvalue weighted by Gasteiger charge is -2.33. The number of quaternary nitrogens is 1. The predicted molar refractivity (Wildman–Crippen MR) is 102 cm³/mol. The molecule has 0 radical (unpaired) electrons. The second-order valence-electron chi connectivity index (χ2n) is 8.09. The van der Waals surface area contributed by atoms with Gasteiger partial charge in [0.1, 0.15) is 0 Å². The smallest absolute Gasteiger partial charge is 0.303 e. The molecule has 0 aliphatic rings. The third-order valence-electron chi connectivity index (χ3n) is 4.80. The maximum Gasteiger partial charge on any atom is 0.303 e. The molecule has 0 fully saturated rings. The van der Waals surface area contributed by atoms with Crippen molar-refractivity contribution in [2.24, 2.45) is 5.92 Å². The van der Waals surface area contributed by atoms with E-state index in [4.69, 9.17) is 10.2 Å². The van der Waals surface area contributed by atoms with Crippen molar-refractivity contribution >= 4 is 11.9 Å². The Morgan fingerprint density at radius 1 is 0.760 bits per heavy atom. The van der Waals surface area contributed by atoms with Crippen LogP contribution in [0.4, 0.5) is 0 Å². The van der Waals surface area contributed by atoms with Gasteiger partial charge in [0.05, 0.1) is 40.0 Å². The molecule has 5 heteroatoms. The summed E-state index contributed by atoms with van der Waals surface area (Å²) in [6.07, 6.45) is 12.9. The highest BCUT2D eigenvalue weighted by Crippen LogP contribution is 2.16. The largest absolute Gasteiger partial charge is 0.481 e. The predicted octanol–water partition coefficient (Wildman–Crippen LogP) is 4.55. The van der Waals surface area contributed by atoms with Crippen LogP contribution in [0.15, 0.2) is 0 Å². The quantitative estimate of drug-likeness (QED) is 0.295. The Morgan fingerprint density at radius 3 is 1.56 bits per heavy atom. The van der Waals surface area contributed by atoms with E-state index in [1.165, 1.54) is 57.8 Å². The summed E-state index contributed by atoms with van der Waals surface area (Å²) in [6.45, 7) is 3.83. The summed E-state index contributed by atoms with van der Waals surface area (Å²) in [5.74, 6) is -2.12. The number of nitrogens with zero attached hydrogens (tertiary/aromatic N) is 1. The van der Waals surface area contributed by atoms with Crippen LogP contribution in [0.3, 0.4) is 0 Å². The molecule has 25 heavy (non-hydrogen) atoms. The molecule has 0 spiro atoms. The zero-order valence-corrected chi connectivity index (χ0v) is 16.6. The van der Waals surface area contributed by atoms with Crippen LogP contribution in [0.25, 0.3) is 0 Å². The maximum atomic E-state index is 10.9. The van der Waals surface area contributed by atoms with Crippen LogP contribution in [0.5, 0.6) is 0 Å². The van der Waals surface area contributed by atoms with Crippen molar-refractivity contribution in [2.45, 2.75) is 84.0 Å². The fourth-order valence-electron chi connectivity index (χ4n) is 3.51. The molecule has 0 aliphatic heterocycles. The molecule has 0 amide bonds. The van der Waals surface area contributed by atoms with Gasteiger partial charge < -0.3 is 14.7 Å². The van der Waals surface area contributed by atoms with E-state index in [0.717, 1.165) is 13.0 Å². The Hall–Kier alpha value is -1.10. The van der Waals surface area contributed by atoms with Crippen molar-refractivity contribution in [1.29, 1.82) is 0 Å². The molecule has 0 heterocycles. The Kier molecular flexibility index (Phi) is 13.5. The van der Waals surface area contributed by atoms with E-state index in [1.807, 2.05) is 0 Å². The van der Waals surface area contributed by atoms with E-state index < -0.39 is 11.9 Å². The van der Waals surface area contributed by atoms with Gasteiger partial charge in [-0.2, -0.15) is 0 Å². The highest BCUT2D eigenvalue weighted by Gasteiger charge is 2.25. The zero-order valence-electron chi connectivity index (χ0n) is 16.6. The van der Waals surface area contributed by atoms with Gasteiger partial charge in [-0.1, -0.05) is 58.3 Å². The number of carbonyl (C=O) groups is 2. The molecule has 0 bridgehead atoms. The van der Waals surface area contributed by atoms with Crippen LogP contribution < -0.4 is 0 Å². The fourth-order valence-corrected chi connectivity index (χ4v) is 3.51. The zero-order chi connectivity index (χ0) is 19.1. The second-order valence-corrected chi connectivity index (χ2v) is 8.09. The highest BCUT2D eigenvalue weighted by atomic mass is 16.4. The van der Waals surface area contributed by atoms with Crippen molar-refractivity contribution in [3.8, 4) is 0 Å². The molecular weight excluding hydrogens is 318 g/mol. The van der Waals surface area contributed by atoms with Crippen molar-refractivity contribution in [3.63, 3.8) is 0 Å². The minimum absolute atomic E-state index is 0.0635. The first-order valence-corrected chi connectivity index (χ1v) is 10.0. The van der Waals surface area contributed by atoms with Gasteiger partial charge >= 0.3 is 11.9 Å². The third-order valence-corrected chi connectivity index (χ3v) is 4.80. The number of unbranched alkanes of at least 4 members (excludes halogenated alkanes) is 9. The number of aliphatic carboxylic acids is 2. The molecule has 0 rings (SSSR count). The molecule has 0 aromatic heterocycles. The third kappa shape index (κ3) is 16.1. The molecule has 0 aromatic rings. The van der Waals surface area contributed by atoms with Gasteiger partial charge in [0.2, 0.25) is 0 Å². The number of hydrogen-bond acceptors (Lipinski definition) is 2. The number of rotatable bonds is 17. The van der Waals surface area contributed by atoms with Crippen molar-refractivity contribution in [2.75, 3.05) is 27.2 Å². The molecule has 0 saturated heterocycles. The molecule has 0 unspecified atom stereocenters. The Bertz CT molecular complexity index is 353. The molecule has 5 nitrogen and oxygen atoms in total. The maximum absolute atomic E-state index is 10.9. The number of carboxylic acids is 2. The molecule has 0 aliphatic carbocycles. The standard InChI is InChI=1S/C20H39NO4/c1-4-5-6-7-8-9-10-11-12-13-14-21(2,3)17-18(15-19(22)23)16-20(24)25/h18H,4-17H2,1-3H3,(H-,22,23,24,25)/p+1. The van der Waals surface area contributed by atoms with Crippen LogP contribution in [-0.2, 0) is 9.59 Å². The van der Waals surface area contributed by atoms with Crippen molar-refractivity contribution in [1.82, 2.24) is 0 Å². The second kappa shape index (κ2) is 14.1. The Morgan fingerprint density at radius 2 is 1.16 bits per heavy atom. The van der Waals surface area contributed by atoms with E-state index in [2.05, 4.69) is 21.0 Å². The van der Waals surface area contributed by atoms with Gasteiger partial charge in [0, 0.05) is 5.92 Å². The molecule has 0 saturated carbocycles.